The van der Waals surface area contributed by atoms with Crippen LogP contribution in [0.2, 0.25) is 5.28 Å². The van der Waals surface area contributed by atoms with Crippen LogP contribution in [0.25, 0.3) is 0 Å². The minimum absolute atomic E-state index is 0.0779. The number of methoxy groups -OCH3 is 1. The molecule has 0 spiro atoms. The fourth-order valence-corrected chi connectivity index (χ4v) is 1.41. The second-order valence-electron chi connectivity index (χ2n) is 3.42. The highest BCUT2D eigenvalue weighted by molar-refractivity contribution is 6.28. The van der Waals surface area contributed by atoms with E-state index in [1.165, 1.54) is 13.3 Å². The Morgan fingerprint density at radius 1 is 1.67 bits per heavy atom. The van der Waals surface area contributed by atoms with Crippen LogP contribution in [-0.2, 0) is 9.53 Å². The predicted molar refractivity (Wildman–Crippen MR) is 69.8 cm³/mol. The van der Waals surface area contributed by atoms with Crippen LogP contribution in [0, 0.1) is 6.92 Å². The van der Waals surface area contributed by atoms with E-state index >= 15 is 0 Å². The number of esters is 1. The van der Waals surface area contributed by atoms with Crippen molar-refractivity contribution >= 4 is 30.1 Å². The third kappa shape index (κ3) is 3.27. The first-order chi connectivity index (χ1) is 8.49. The van der Waals surface area contributed by atoms with Gasteiger partial charge in [0, 0.05) is 25.0 Å². The molecule has 0 radical (unpaired) electrons. The molecule has 7 heteroatoms. The number of carbonyl (C=O) groups is 1. The van der Waals surface area contributed by atoms with Gasteiger partial charge in [-0.25, -0.2) is 14.8 Å². The van der Waals surface area contributed by atoms with Crippen LogP contribution in [0.15, 0.2) is 23.1 Å². The number of rotatable bonds is 4. The third-order valence-corrected chi connectivity index (χ3v) is 2.31. The summed E-state index contributed by atoms with van der Waals surface area (Å²) in [6, 6.07) is 0. The lowest BCUT2D eigenvalue weighted by molar-refractivity contribution is -0.136. The minimum atomic E-state index is -0.574. The Morgan fingerprint density at radius 2 is 2.33 bits per heavy atom. The molecule has 0 unspecified atom stereocenters. The Hall–Kier alpha value is -1.95. The lowest BCUT2D eigenvalue weighted by atomic mass is 10.3. The average Bonchev–Trinajstić information content (AvgIpc) is 2.37. The van der Waals surface area contributed by atoms with Crippen molar-refractivity contribution in [3.05, 3.63) is 28.9 Å². The quantitative estimate of drug-likeness (QED) is 0.359. The second-order valence-corrected chi connectivity index (χ2v) is 3.76. The van der Waals surface area contributed by atoms with Crippen LogP contribution >= 0.6 is 11.6 Å². The average molecular weight is 269 g/mol. The van der Waals surface area contributed by atoms with Crippen molar-refractivity contribution in [1.29, 1.82) is 0 Å². The Bertz CT molecular complexity index is 502. The van der Waals surface area contributed by atoms with Crippen molar-refractivity contribution in [2.45, 2.75) is 6.92 Å². The van der Waals surface area contributed by atoms with Crippen LogP contribution in [-0.4, -0.2) is 36.8 Å². The molecule has 1 rings (SSSR count). The van der Waals surface area contributed by atoms with E-state index in [2.05, 4.69) is 26.4 Å². The maximum Gasteiger partial charge on any atom is 0.358 e. The van der Waals surface area contributed by atoms with E-state index in [9.17, 15) is 4.79 Å². The number of hydrogen-bond donors (Lipinski definition) is 0. The highest BCUT2D eigenvalue weighted by Gasteiger charge is 2.11. The van der Waals surface area contributed by atoms with E-state index in [0.29, 0.717) is 5.82 Å². The maximum atomic E-state index is 11.4. The summed E-state index contributed by atoms with van der Waals surface area (Å²) >= 11 is 5.72. The van der Waals surface area contributed by atoms with E-state index in [1.54, 1.807) is 18.1 Å². The molecule has 0 aliphatic heterocycles. The molecule has 0 atom stereocenters. The fraction of sp³-hybridized carbons (Fsp3) is 0.273. The lowest BCUT2D eigenvalue weighted by Gasteiger charge is -2.15. The Labute approximate surface area is 110 Å². The Morgan fingerprint density at radius 3 is 2.89 bits per heavy atom. The lowest BCUT2D eigenvalue weighted by Crippen LogP contribution is -2.15. The number of nitrogens with zero attached hydrogens (tertiary/aromatic N) is 4. The SMILES string of the molecule is C=N/C(=C\N(C)c1nc(Cl)ncc1C)C(=O)OC. The number of aryl methyl sites for hydroxylation is 1. The monoisotopic (exact) mass is 268 g/mol. The smallest absolute Gasteiger partial charge is 0.358 e. The molecule has 1 aromatic heterocycles. The molecule has 1 aromatic rings. The van der Waals surface area contributed by atoms with Crippen LogP contribution in [0.4, 0.5) is 5.82 Å². The number of hydrogen-bond acceptors (Lipinski definition) is 6. The highest BCUT2D eigenvalue weighted by Crippen LogP contribution is 2.18. The molecule has 0 saturated heterocycles. The van der Waals surface area contributed by atoms with E-state index in [-0.39, 0.29) is 11.0 Å². The van der Waals surface area contributed by atoms with Gasteiger partial charge in [0.05, 0.1) is 7.11 Å². The first kappa shape index (κ1) is 14.1. The van der Waals surface area contributed by atoms with Crippen molar-refractivity contribution in [1.82, 2.24) is 9.97 Å². The number of ether oxygens (including phenoxy) is 1. The summed E-state index contributed by atoms with van der Waals surface area (Å²) in [6.45, 7) is 5.14. The van der Waals surface area contributed by atoms with Gasteiger partial charge in [-0.15, -0.1) is 0 Å². The van der Waals surface area contributed by atoms with Gasteiger partial charge in [0.2, 0.25) is 5.28 Å². The van der Waals surface area contributed by atoms with Crippen LogP contribution in [0.5, 0.6) is 0 Å². The molecule has 0 aliphatic rings. The van der Waals surface area contributed by atoms with Crippen LogP contribution in [0.1, 0.15) is 5.56 Å². The summed E-state index contributed by atoms with van der Waals surface area (Å²) in [5.41, 5.74) is 0.889. The van der Waals surface area contributed by atoms with Crippen molar-refractivity contribution in [2.24, 2.45) is 4.99 Å². The van der Waals surface area contributed by atoms with Crippen LogP contribution < -0.4 is 4.90 Å². The molecule has 0 N–H and O–H groups in total. The summed E-state index contributed by atoms with van der Waals surface area (Å²) in [4.78, 5) is 24.5. The molecule has 0 bridgehead atoms. The van der Waals surface area contributed by atoms with Crippen molar-refractivity contribution in [3.63, 3.8) is 0 Å². The molecule has 0 aliphatic carbocycles. The Balaban J connectivity index is 3.10. The van der Waals surface area contributed by atoms with Gasteiger partial charge in [-0.05, 0) is 25.2 Å². The third-order valence-electron chi connectivity index (χ3n) is 2.13. The number of aromatic nitrogens is 2. The minimum Gasteiger partial charge on any atom is -0.464 e. The van der Waals surface area contributed by atoms with Gasteiger partial charge in [0.1, 0.15) is 5.82 Å². The molecule has 0 aromatic carbocycles. The standard InChI is InChI=1S/C11H13ClN4O2/c1-7-5-14-11(12)15-9(7)16(3)6-8(13-2)10(17)18-4/h5-6H,2H2,1,3-4H3/b8-6-. The first-order valence-electron chi connectivity index (χ1n) is 4.98. The van der Waals surface area contributed by atoms with Gasteiger partial charge in [-0.2, -0.15) is 0 Å². The summed E-state index contributed by atoms with van der Waals surface area (Å²) in [5.74, 6) is -0.00490. The number of halogens is 1. The summed E-state index contributed by atoms with van der Waals surface area (Å²) in [5, 5.41) is 0.127. The van der Waals surface area contributed by atoms with Gasteiger partial charge >= 0.3 is 5.97 Å². The molecule has 96 valence electrons. The number of anilines is 1. The number of carbonyl (C=O) groups excluding carboxylic acids is 1. The molecular weight excluding hydrogens is 256 g/mol. The van der Waals surface area contributed by atoms with Crippen LogP contribution in [0.3, 0.4) is 0 Å². The molecular formula is C11H13ClN4O2. The predicted octanol–water partition coefficient (Wildman–Crippen LogP) is 1.59. The number of aliphatic imine (C=N–C) groups is 1. The first-order valence-corrected chi connectivity index (χ1v) is 5.36. The summed E-state index contributed by atoms with van der Waals surface area (Å²) < 4.78 is 4.57. The second kappa shape index (κ2) is 6.11. The molecule has 6 nitrogen and oxygen atoms in total. The van der Waals surface area contributed by atoms with E-state index in [4.69, 9.17) is 11.6 Å². The zero-order valence-electron chi connectivity index (χ0n) is 10.3. The van der Waals surface area contributed by atoms with Gasteiger partial charge in [0.15, 0.2) is 5.70 Å². The molecule has 18 heavy (non-hydrogen) atoms. The molecule has 1 heterocycles. The summed E-state index contributed by atoms with van der Waals surface area (Å²) in [6.07, 6.45) is 3.05. The summed E-state index contributed by atoms with van der Waals surface area (Å²) in [7, 11) is 2.98. The highest BCUT2D eigenvalue weighted by atomic mass is 35.5. The van der Waals surface area contributed by atoms with E-state index in [0.717, 1.165) is 5.56 Å². The van der Waals surface area contributed by atoms with Gasteiger partial charge in [-0.1, -0.05) is 0 Å². The molecule has 0 saturated carbocycles. The van der Waals surface area contributed by atoms with E-state index < -0.39 is 5.97 Å². The van der Waals surface area contributed by atoms with E-state index in [1.807, 2.05) is 6.92 Å². The zero-order valence-corrected chi connectivity index (χ0v) is 11.1. The Kier molecular flexibility index (Phi) is 4.79. The molecule has 0 fully saturated rings. The van der Waals surface area contributed by atoms with Crippen molar-refractivity contribution in [2.75, 3.05) is 19.1 Å². The van der Waals surface area contributed by atoms with Gasteiger partial charge in [-0.3, -0.25) is 4.99 Å². The van der Waals surface area contributed by atoms with Gasteiger partial charge < -0.3 is 9.64 Å². The zero-order chi connectivity index (χ0) is 13.7. The normalized spacial score (nSPS) is 11.0. The van der Waals surface area contributed by atoms with Gasteiger partial charge in [0.25, 0.3) is 0 Å². The topological polar surface area (TPSA) is 67.7 Å². The maximum absolute atomic E-state index is 11.4. The largest absolute Gasteiger partial charge is 0.464 e. The molecule has 0 amide bonds. The van der Waals surface area contributed by atoms with Crippen molar-refractivity contribution < 1.29 is 9.53 Å². The fourth-order valence-electron chi connectivity index (χ4n) is 1.28. The van der Waals surface area contributed by atoms with Crippen molar-refractivity contribution in [3.8, 4) is 0 Å².